The molecule has 1 aliphatic heterocycles. The molecule has 4 rings (SSSR count). The summed E-state index contributed by atoms with van der Waals surface area (Å²) < 4.78 is 5.83. The quantitative estimate of drug-likeness (QED) is 0.731. The number of hydrogen-bond donors (Lipinski definition) is 3. The van der Waals surface area contributed by atoms with Gasteiger partial charge in [-0.1, -0.05) is 18.2 Å². The van der Waals surface area contributed by atoms with Gasteiger partial charge in [0.15, 0.2) is 0 Å². The summed E-state index contributed by atoms with van der Waals surface area (Å²) in [6, 6.07) is 9.66. The monoisotopic (exact) mass is 354 g/mol. The number of nitrogens with zero attached hydrogens (tertiary/aromatic N) is 1. The predicted octanol–water partition coefficient (Wildman–Crippen LogP) is 1.43. The van der Waals surface area contributed by atoms with E-state index in [1.165, 1.54) is 0 Å². The van der Waals surface area contributed by atoms with Gasteiger partial charge in [0, 0.05) is 25.2 Å². The Morgan fingerprint density at radius 3 is 2.85 bits per heavy atom. The third-order valence-electron chi connectivity index (χ3n) is 5.16. The molecule has 7 nitrogen and oxygen atoms in total. The lowest BCUT2D eigenvalue weighted by atomic mass is 9.79. The maximum absolute atomic E-state index is 12.3. The predicted molar refractivity (Wildman–Crippen MR) is 94.8 cm³/mol. The summed E-state index contributed by atoms with van der Waals surface area (Å²) in [6.07, 6.45) is 4.54. The molecule has 0 spiro atoms. The van der Waals surface area contributed by atoms with E-state index < -0.39 is 0 Å². The fourth-order valence-electron chi connectivity index (χ4n) is 3.55. The summed E-state index contributed by atoms with van der Waals surface area (Å²) in [6.45, 7) is 0.550. The topological polar surface area (TPSA) is 96.1 Å². The first-order chi connectivity index (χ1) is 12.7. The number of fused-ring (bicyclic) bond motifs is 1. The van der Waals surface area contributed by atoms with Crippen molar-refractivity contribution in [1.82, 2.24) is 20.8 Å². The Morgan fingerprint density at radius 1 is 1.23 bits per heavy atom. The SMILES string of the molecule is O=C(CC1Cc2ccccc2O1)N[C@@H]1CC[C@H]1CNC(=O)c1ccn[nH]1. The van der Waals surface area contributed by atoms with E-state index in [2.05, 4.69) is 20.8 Å². The van der Waals surface area contributed by atoms with Crippen molar-refractivity contribution in [2.45, 2.75) is 37.8 Å². The number of aromatic amines is 1. The highest BCUT2D eigenvalue weighted by Gasteiger charge is 2.33. The molecule has 1 unspecified atom stereocenters. The molecule has 0 bridgehead atoms. The molecule has 136 valence electrons. The minimum absolute atomic E-state index is 0.0115. The van der Waals surface area contributed by atoms with Crippen molar-refractivity contribution in [2.24, 2.45) is 5.92 Å². The highest BCUT2D eigenvalue weighted by molar-refractivity contribution is 5.92. The standard InChI is InChI=1S/C19H22N4O3/c24-18(10-14-9-12-3-1-2-4-17(12)26-14)22-15-6-5-13(15)11-20-19(25)16-7-8-21-23-16/h1-4,7-8,13-15H,5-6,9-11H2,(H,20,25)(H,21,23)(H,22,24)/t13-,14?,15+/m0/s1. The maximum atomic E-state index is 12.3. The average molecular weight is 354 g/mol. The van der Waals surface area contributed by atoms with E-state index in [-0.39, 0.29) is 29.9 Å². The van der Waals surface area contributed by atoms with E-state index in [0.29, 0.717) is 18.7 Å². The third-order valence-corrected chi connectivity index (χ3v) is 5.16. The summed E-state index contributed by atoms with van der Waals surface area (Å²) in [7, 11) is 0. The van der Waals surface area contributed by atoms with Gasteiger partial charge in [0.05, 0.1) is 6.42 Å². The van der Waals surface area contributed by atoms with Crippen LogP contribution in [0.2, 0.25) is 0 Å². The van der Waals surface area contributed by atoms with Crippen LogP contribution in [0.1, 0.15) is 35.3 Å². The van der Waals surface area contributed by atoms with E-state index in [1.54, 1.807) is 12.3 Å². The van der Waals surface area contributed by atoms with Crippen LogP contribution in [0.4, 0.5) is 0 Å². The van der Waals surface area contributed by atoms with E-state index in [1.807, 2.05) is 24.3 Å². The van der Waals surface area contributed by atoms with Crippen LogP contribution in [0.25, 0.3) is 0 Å². The average Bonchev–Trinajstić information content (AvgIpc) is 3.27. The van der Waals surface area contributed by atoms with Gasteiger partial charge in [0.25, 0.3) is 5.91 Å². The zero-order valence-corrected chi connectivity index (χ0v) is 14.4. The maximum Gasteiger partial charge on any atom is 0.269 e. The minimum Gasteiger partial charge on any atom is -0.489 e. The van der Waals surface area contributed by atoms with E-state index in [0.717, 1.165) is 30.6 Å². The van der Waals surface area contributed by atoms with Crippen molar-refractivity contribution in [2.75, 3.05) is 6.54 Å². The van der Waals surface area contributed by atoms with Gasteiger partial charge >= 0.3 is 0 Å². The molecule has 1 saturated carbocycles. The van der Waals surface area contributed by atoms with Crippen LogP contribution in [0.5, 0.6) is 5.75 Å². The van der Waals surface area contributed by atoms with Crippen LogP contribution >= 0.6 is 0 Å². The summed E-state index contributed by atoms with van der Waals surface area (Å²) >= 11 is 0. The van der Waals surface area contributed by atoms with Gasteiger partial charge in [-0.2, -0.15) is 5.10 Å². The largest absolute Gasteiger partial charge is 0.489 e. The number of nitrogens with one attached hydrogen (secondary N) is 3. The van der Waals surface area contributed by atoms with Gasteiger partial charge in [0.2, 0.25) is 5.91 Å². The smallest absolute Gasteiger partial charge is 0.269 e. The van der Waals surface area contributed by atoms with Gasteiger partial charge in [-0.05, 0) is 36.5 Å². The second-order valence-electron chi connectivity index (χ2n) is 6.95. The lowest BCUT2D eigenvalue weighted by Gasteiger charge is -2.37. The lowest BCUT2D eigenvalue weighted by Crippen LogP contribution is -2.51. The van der Waals surface area contributed by atoms with Crippen molar-refractivity contribution in [3.63, 3.8) is 0 Å². The molecule has 26 heavy (non-hydrogen) atoms. The first-order valence-electron chi connectivity index (χ1n) is 9.00. The molecule has 2 heterocycles. The van der Waals surface area contributed by atoms with Crippen LogP contribution in [0, 0.1) is 5.92 Å². The number of benzene rings is 1. The number of rotatable bonds is 6. The van der Waals surface area contributed by atoms with Crippen molar-refractivity contribution in [3.05, 3.63) is 47.8 Å². The zero-order valence-electron chi connectivity index (χ0n) is 14.4. The summed E-state index contributed by atoms with van der Waals surface area (Å²) in [4.78, 5) is 24.3. The van der Waals surface area contributed by atoms with Gasteiger partial charge in [0.1, 0.15) is 17.5 Å². The van der Waals surface area contributed by atoms with E-state index in [9.17, 15) is 9.59 Å². The second-order valence-corrected chi connectivity index (χ2v) is 6.95. The number of aromatic nitrogens is 2. The highest BCUT2D eigenvalue weighted by Crippen LogP contribution is 2.30. The third kappa shape index (κ3) is 3.56. The molecular weight excluding hydrogens is 332 g/mol. The Bertz CT molecular complexity index is 765. The van der Waals surface area contributed by atoms with E-state index in [4.69, 9.17) is 4.74 Å². The highest BCUT2D eigenvalue weighted by atomic mass is 16.5. The molecule has 3 atom stereocenters. The van der Waals surface area contributed by atoms with Crippen LogP contribution in [0.3, 0.4) is 0 Å². The molecule has 2 aromatic rings. The lowest BCUT2D eigenvalue weighted by molar-refractivity contribution is -0.124. The molecule has 7 heteroatoms. The number of ether oxygens (including phenoxy) is 1. The molecule has 1 aromatic carbocycles. The Kier molecular flexibility index (Phi) is 4.60. The van der Waals surface area contributed by atoms with E-state index >= 15 is 0 Å². The molecule has 2 amide bonds. The van der Waals surface area contributed by atoms with Crippen molar-refractivity contribution >= 4 is 11.8 Å². The van der Waals surface area contributed by atoms with Gasteiger partial charge in [-0.15, -0.1) is 0 Å². The second kappa shape index (κ2) is 7.19. The first-order valence-corrected chi connectivity index (χ1v) is 9.00. The van der Waals surface area contributed by atoms with Crippen LogP contribution in [-0.4, -0.2) is 40.7 Å². The Labute approximate surface area is 151 Å². The molecule has 1 fully saturated rings. The molecule has 2 aliphatic rings. The summed E-state index contributed by atoms with van der Waals surface area (Å²) in [5.74, 6) is 0.995. The van der Waals surface area contributed by atoms with Gasteiger partial charge in [-0.25, -0.2) is 0 Å². The molecular formula is C19H22N4O3. The van der Waals surface area contributed by atoms with Crippen molar-refractivity contribution < 1.29 is 14.3 Å². The fourth-order valence-corrected chi connectivity index (χ4v) is 3.55. The zero-order chi connectivity index (χ0) is 17.9. The van der Waals surface area contributed by atoms with Crippen molar-refractivity contribution in [3.8, 4) is 5.75 Å². The summed E-state index contributed by atoms with van der Waals surface area (Å²) in [5, 5.41) is 12.4. The molecule has 1 aliphatic carbocycles. The Balaban J connectivity index is 1.21. The van der Waals surface area contributed by atoms with Gasteiger partial charge in [-0.3, -0.25) is 14.7 Å². The molecule has 3 N–H and O–H groups in total. The summed E-state index contributed by atoms with van der Waals surface area (Å²) in [5.41, 5.74) is 1.61. The first kappa shape index (κ1) is 16.6. The van der Waals surface area contributed by atoms with Crippen LogP contribution < -0.4 is 15.4 Å². The molecule has 1 aromatic heterocycles. The number of para-hydroxylation sites is 1. The molecule has 0 saturated heterocycles. The van der Waals surface area contributed by atoms with Crippen molar-refractivity contribution in [1.29, 1.82) is 0 Å². The Hall–Kier alpha value is -2.83. The number of carbonyl (C=O) groups excluding carboxylic acids is 2. The number of hydrogen-bond acceptors (Lipinski definition) is 4. The minimum atomic E-state index is -0.170. The number of amides is 2. The number of carbonyl (C=O) groups is 2. The molecule has 0 radical (unpaired) electrons. The van der Waals surface area contributed by atoms with Crippen LogP contribution in [-0.2, 0) is 11.2 Å². The normalized spacial score (nSPS) is 23.5. The number of H-pyrrole nitrogens is 1. The van der Waals surface area contributed by atoms with Gasteiger partial charge < -0.3 is 15.4 Å². The van der Waals surface area contributed by atoms with Crippen LogP contribution in [0.15, 0.2) is 36.5 Å². The fraction of sp³-hybridized carbons (Fsp3) is 0.421. The Morgan fingerprint density at radius 2 is 2.12 bits per heavy atom.